The molecule has 0 atom stereocenters. The largest absolute Gasteiger partial charge is 0.466 e. The predicted octanol–water partition coefficient (Wildman–Crippen LogP) is 3.32. The fourth-order valence-electron chi connectivity index (χ4n) is 2.36. The Bertz CT molecular complexity index is 213. The van der Waals surface area contributed by atoms with Gasteiger partial charge < -0.3 is 4.74 Å². The summed E-state index contributed by atoms with van der Waals surface area (Å²) < 4.78 is 4.58. The van der Waals surface area contributed by atoms with Gasteiger partial charge in [0.25, 0.3) is 0 Å². The minimum absolute atomic E-state index is 0.231. The van der Waals surface area contributed by atoms with Crippen LogP contribution in [0.25, 0.3) is 0 Å². The van der Waals surface area contributed by atoms with Crippen molar-refractivity contribution >= 4 is 5.97 Å². The van der Waals surface area contributed by atoms with Gasteiger partial charge in [-0.25, -0.2) is 4.79 Å². The zero-order chi connectivity index (χ0) is 11.1. The highest BCUT2D eigenvalue weighted by Crippen LogP contribution is 2.31. The number of carbonyl (C=O) groups excluding carboxylic acids is 1. The summed E-state index contributed by atoms with van der Waals surface area (Å²) in [6, 6.07) is 0. The van der Waals surface area contributed by atoms with Crippen LogP contribution in [0.3, 0.4) is 0 Å². The fourth-order valence-corrected chi connectivity index (χ4v) is 2.36. The van der Waals surface area contributed by atoms with Crippen molar-refractivity contribution < 1.29 is 9.53 Å². The summed E-state index contributed by atoms with van der Waals surface area (Å²) in [6.07, 6.45) is 11.4. The third-order valence-corrected chi connectivity index (χ3v) is 3.29. The van der Waals surface area contributed by atoms with Gasteiger partial charge in [-0.1, -0.05) is 25.8 Å². The van der Waals surface area contributed by atoms with Gasteiger partial charge in [-0.15, -0.1) is 0 Å². The molecule has 0 bridgehead atoms. The average molecular weight is 210 g/mol. The molecule has 0 radical (unpaired) electrons. The Morgan fingerprint density at radius 3 is 2.53 bits per heavy atom. The Morgan fingerprint density at radius 2 is 2.00 bits per heavy atom. The normalized spacial score (nSPS) is 26.8. The van der Waals surface area contributed by atoms with Crippen LogP contribution in [-0.2, 0) is 9.53 Å². The number of hydrogen-bond acceptors (Lipinski definition) is 2. The summed E-state index contributed by atoms with van der Waals surface area (Å²) in [7, 11) is 1.42. The maximum absolute atomic E-state index is 10.9. The molecule has 0 aromatic heterocycles. The van der Waals surface area contributed by atoms with Crippen molar-refractivity contribution in [2.45, 2.75) is 45.4 Å². The van der Waals surface area contributed by atoms with Crippen molar-refractivity contribution in [3.63, 3.8) is 0 Å². The summed E-state index contributed by atoms with van der Waals surface area (Å²) in [6.45, 7) is 2.25. The number of carbonyl (C=O) groups is 1. The molecule has 86 valence electrons. The second kappa shape index (κ2) is 6.65. The molecule has 0 saturated heterocycles. The summed E-state index contributed by atoms with van der Waals surface area (Å²) in [5.74, 6) is 1.29. The lowest BCUT2D eigenvalue weighted by Crippen LogP contribution is -2.13. The van der Waals surface area contributed by atoms with E-state index in [4.69, 9.17) is 0 Å². The van der Waals surface area contributed by atoms with Gasteiger partial charge in [0.05, 0.1) is 7.11 Å². The van der Waals surface area contributed by atoms with E-state index in [-0.39, 0.29) is 5.97 Å². The molecule has 0 unspecified atom stereocenters. The molecule has 0 amide bonds. The predicted molar refractivity (Wildman–Crippen MR) is 61.5 cm³/mol. The van der Waals surface area contributed by atoms with E-state index in [0.717, 1.165) is 5.92 Å². The van der Waals surface area contributed by atoms with Crippen LogP contribution in [0.2, 0.25) is 0 Å². The lowest BCUT2D eigenvalue weighted by atomic mass is 9.80. The maximum atomic E-state index is 10.9. The van der Waals surface area contributed by atoms with Crippen molar-refractivity contribution in [2.24, 2.45) is 11.8 Å². The van der Waals surface area contributed by atoms with Crippen molar-refractivity contribution in [2.75, 3.05) is 7.11 Å². The molecular formula is C13H22O2. The quantitative estimate of drug-likeness (QED) is 0.525. The molecule has 0 heterocycles. The molecule has 1 fully saturated rings. The van der Waals surface area contributed by atoms with Crippen LogP contribution in [0.5, 0.6) is 0 Å². The molecule has 15 heavy (non-hydrogen) atoms. The topological polar surface area (TPSA) is 26.3 Å². The number of allylic oxidation sites excluding steroid dienone is 1. The SMILES string of the molecule is CCC[C@H]1CC[C@H](/C=C/C(=O)OC)CC1. The zero-order valence-corrected chi connectivity index (χ0v) is 9.87. The maximum Gasteiger partial charge on any atom is 0.330 e. The third-order valence-electron chi connectivity index (χ3n) is 3.29. The van der Waals surface area contributed by atoms with Crippen molar-refractivity contribution in [1.82, 2.24) is 0 Å². The summed E-state index contributed by atoms with van der Waals surface area (Å²) in [5, 5.41) is 0. The highest BCUT2D eigenvalue weighted by Gasteiger charge is 2.18. The summed E-state index contributed by atoms with van der Waals surface area (Å²) >= 11 is 0. The molecular weight excluding hydrogens is 188 g/mol. The first-order valence-corrected chi connectivity index (χ1v) is 6.02. The first kappa shape index (κ1) is 12.3. The summed E-state index contributed by atoms with van der Waals surface area (Å²) in [5.41, 5.74) is 0. The molecule has 1 aliphatic rings. The lowest BCUT2D eigenvalue weighted by molar-refractivity contribution is -0.134. The first-order valence-electron chi connectivity index (χ1n) is 6.02. The Morgan fingerprint density at radius 1 is 1.33 bits per heavy atom. The molecule has 2 nitrogen and oxygen atoms in total. The molecule has 2 heteroatoms. The van der Waals surface area contributed by atoms with Crippen molar-refractivity contribution in [1.29, 1.82) is 0 Å². The van der Waals surface area contributed by atoms with E-state index in [0.29, 0.717) is 5.92 Å². The number of ether oxygens (including phenoxy) is 1. The highest BCUT2D eigenvalue weighted by atomic mass is 16.5. The smallest absolute Gasteiger partial charge is 0.330 e. The Kier molecular flexibility index (Phi) is 5.44. The molecule has 0 aliphatic heterocycles. The van der Waals surface area contributed by atoms with E-state index < -0.39 is 0 Å². The van der Waals surface area contributed by atoms with Crippen LogP contribution in [0.1, 0.15) is 45.4 Å². The molecule has 0 spiro atoms. The van der Waals surface area contributed by atoms with E-state index in [1.54, 1.807) is 6.08 Å². The monoisotopic (exact) mass is 210 g/mol. The van der Waals surface area contributed by atoms with Crippen LogP contribution in [-0.4, -0.2) is 13.1 Å². The van der Waals surface area contributed by atoms with Crippen LogP contribution < -0.4 is 0 Å². The van der Waals surface area contributed by atoms with E-state index in [9.17, 15) is 4.79 Å². The van der Waals surface area contributed by atoms with Gasteiger partial charge in [0.15, 0.2) is 0 Å². The number of rotatable bonds is 4. The van der Waals surface area contributed by atoms with Crippen LogP contribution >= 0.6 is 0 Å². The van der Waals surface area contributed by atoms with Gasteiger partial charge in [0, 0.05) is 6.08 Å². The Hall–Kier alpha value is -0.790. The van der Waals surface area contributed by atoms with Crippen LogP contribution in [0.4, 0.5) is 0 Å². The third kappa shape index (κ3) is 4.50. The van der Waals surface area contributed by atoms with Gasteiger partial charge in [0.1, 0.15) is 0 Å². The minimum atomic E-state index is -0.231. The van der Waals surface area contributed by atoms with Gasteiger partial charge >= 0.3 is 5.97 Å². The standard InChI is InChI=1S/C13H22O2/c1-3-4-11-5-7-12(8-6-11)9-10-13(14)15-2/h9-12H,3-8H2,1-2H3/b10-9+/t11-,12-. The van der Waals surface area contributed by atoms with Crippen LogP contribution in [0.15, 0.2) is 12.2 Å². The van der Waals surface area contributed by atoms with Gasteiger partial charge in [0.2, 0.25) is 0 Å². The molecule has 1 aliphatic carbocycles. The molecule has 0 aromatic carbocycles. The van der Waals surface area contributed by atoms with Crippen LogP contribution in [0, 0.1) is 11.8 Å². The lowest BCUT2D eigenvalue weighted by Gasteiger charge is -2.26. The molecule has 1 rings (SSSR count). The summed E-state index contributed by atoms with van der Waals surface area (Å²) in [4.78, 5) is 10.9. The van der Waals surface area contributed by atoms with Gasteiger partial charge in [-0.05, 0) is 37.5 Å². The molecule has 0 N–H and O–H groups in total. The second-order valence-electron chi connectivity index (χ2n) is 4.45. The number of hydrogen-bond donors (Lipinski definition) is 0. The average Bonchev–Trinajstić information content (AvgIpc) is 2.28. The van der Waals surface area contributed by atoms with E-state index in [2.05, 4.69) is 11.7 Å². The van der Waals surface area contributed by atoms with Crippen molar-refractivity contribution in [3.05, 3.63) is 12.2 Å². The Balaban J connectivity index is 2.25. The highest BCUT2D eigenvalue weighted by molar-refractivity contribution is 5.81. The first-order chi connectivity index (χ1) is 7.26. The van der Waals surface area contributed by atoms with E-state index in [1.165, 1.54) is 45.6 Å². The Labute approximate surface area is 92.7 Å². The molecule has 1 saturated carbocycles. The zero-order valence-electron chi connectivity index (χ0n) is 9.87. The fraction of sp³-hybridized carbons (Fsp3) is 0.769. The minimum Gasteiger partial charge on any atom is -0.466 e. The number of methoxy groups -OCH3 is 1. The van der Waals surface area contributed by atoms with Crippen molar-refractivity contribution in [3.8, 4) is 0 Å². The second-order valence-corrected chi connectivity index (χ2v) is 4.45. The van der Waals surface area contributed by atoms with E-state index >= 15 is 0 Å². The van der Waals surface area contributed by atoms with Gasteiger partial charge in [-0.2, -0.15) is 0 Å². The van der Waals surface area contributed by atoms with E-state index in [1.807, 2.05) is 6.08 Å². The van der Waals surface area contributed by atoms with Gasteiger partial charge in [-0.3, -0.25) is 0 Å². The molecule has 0 aromatic rings. The number of esters is 1.